The van der Waals surface area contributed by atoms with Gasteiger partial charge < -0.3 is 10.1 Å². The number of hydrogen-bond acceptors (Lipinski definition) is 5. The van der Waals surface area contributed by atoms with E-state index in [0.29, 0.717) is 24.4 Å². The van der Waals surface area contributed by atoms with Crippen molar-refractivity contribution in [2.45, 2.75) is 18.7 Å². The van der Waals surface area contributed by atoms with Crippen LogP contribution in [0.5, 0.6) is 5.75 Å². The Labute approximate surface area is 180 Å². The van der Waals surface area contributed by atoms with Gasteiger partial charge in [-0.25, -0.2) is 8.42 Å². The van der Waals surface area contributed by atoms with Gasteiger partial charge in [0.2, 0.25) is 10.0 Å². The summed E-state index contributed by atoms with van der Waals surface area (Å²) in [5.41, 5.74) is 0.854. The zero-order chi connectivity index (χ0) is 21.7. The quantitative estimate of drug-likeness (QED) is 0.565. The fourth-order valence-electron chi connectivity index (χ4n) is 3.00. The second kappa shape index (κ2) is 9.42. The molecule has 158 valence electrons. The molecule has 0 unspecified atom stereocenters. The maximum atomic E-state index is 12.7. The first-order chi connectivity index (χ1) is 14.4. The fraction of sp³-hybridized carbons (Fsp3) is 0.238. The van der Waals surface area contributed by atoms with Crippen LogP contribution < -0.4 is 10.1 Å². The number of rotatable bonds is 8. The van der Waals surface area contributed by atoms with Crippen molar-refractivity contribution in [2.75, 3.05) is 25.0 Å². The second-order valence-corrected chi connectivity index (χ2v) is 8.74. The van der Waals surface area contributed by atoms with Crippen molar-refractivity contribution in [3.8, 4) is 5.75 Å². The van der Waals surface area contributed by atoms with Crippen molar-refractivity contribution in [1.29, 1.82) is 0 Å². The van der Waals surface area contributed by atoms with Crippen LogP contribution in [0.4, 0.5) is 5.69 Å². The largest absolute Gasteiger partial charge is 0.481 e. The number of sulfonamides is 1. The van der Waals surface area contributed by atoms with Crippen molar-refractivity contribution in [3.63, 3.8) is 0 Å². The van der Waals surface area contributed by atoms with Gasteiger partial charge in [0.1, 0.15) is 11.3 Å². The molecule has 1 N–H and O–H groups in total. The number of anilines is 1. The number of nitrogens with zero attached hydrogens (tertiary/aromatic N) is 2. The van der Waals surface area contributed by atoms with E-state index >= 15 is 0 Å². The highest BCUT2D eigenvalue weighted by atomic mass is 35.5. The van der Waals surface area contributed by atoms with E-state index in [0.717, 1.165) is 5.39 Å². The monoisotopic (exact) mass is 447 g/mol. The molecule has 0 radical (unpaired) electrons. The predicted octanol–water partition coefficient (Wildman–Crippen LogP) is 3.94. The summed E-state index contributed by atoms with van der Waals surface area (Å²) in [4.78, 5) is 16.7. The van der Waals surface area contributed by atoms with Crippen LogP contribution in [-0.4, -0.2) is 43.3 Å². The first-order valence-electron chi connectivity index (χ1n) is 9.43. The van der Waals surface area contributed by atoms with Crippen LogP contribution in [0, 0.1) is 0 Å². The van der Waals surface area contributed by atoms with Crippen molar-refractivity contribution < 1.29 is 17.9 Å². The van der Waals surface area contributed by atoms with E-state index in [2.05, 4.69) is 10.3 Å². The van der Waals surface area contributed by atoms with Gasteiger partial charge in [-0.05, 0) is 30.3 Å². The van der Waals surface area contributed by atoms with Gasteiger partial charge in [0.25, 0.3) is 5.91 Å². The number of pyridine rings is 1. The van der Waals surface area contributed by atoms with E-state index in [-0.39, 0.29) is 22.2 Å². The molecule has 0 aliphatic carbocycles. The first-order valence-corrected chi connectivity index (χ1v) is 11.2. The minimum atomic E-state index is -3.67. The summed E-state index contributed by atoms with van der Waals surface area (Å²) < 4.78 is 32.4. The minimum absolute atomic E-state index is 0.0603. The number of benzene rings is 2. The Hall–Kier alpha value is -2.68. The molecule has 7 nitrogen and oxygen atoms in total. The van der Waals surface area contributed by atoms with E-state index in [1.165, 1.54) is 22.5 Å². The third kappa shape index (κ3) is 4.72. The molecule has 0 saturated heterocycles. The normalized spacial score (nSPS) is 11.6. The topological polar surface area (TPSA) is 88.6 Å². The summed E-state index contributed by atoms with van der Waals surface area (Å²) in [6.45, 7) is 3.93. The number of aromatic nitrogens is 1. The first kappa shape index (κ1) is 22.0. The van der Waals surface area contributed by atoms with Crippen molar-refractivity contribution in [2.24, 2.45) is 0 Å². The third-order valence-corrected chi connectivity index (χ3v) is 6.89. The molecule has 0 atom stereocenters. The highest BCUT2D eigenvalue weighted by Crippen LogP contribution is 2.27. The zero-order valence-corrected chi connectivity index (χ0v) is 18.2. The molecule has 1 aromatic heterocycles. The van der Waals surface area contributed by atoms with E-state index in [1.807, 2.05) is 24.3 Å². The Balaban J connectivity index is 1.75. The van der Waals surface area contributed by atoms with E-state index in [4.69, 9.17) is 16.3 Å². The van der Waals surface area contributed by atoms with Gasteiger partial charge >= 0.3 is 0 Å². The van der Waals surface area contributed by atoms with Crippen LogP contribution in [0.25, 0.3) is 10.9 Å². The Bertz CT molecular complexity index is 1160. The summed E-state index contributed by atoms with van der Waals surface area (Å²) in [6, 6.07) is 13.4. The smallest absolute Gasteiger partial charge is 0.262 e. The Morgan fingerprint density at radius 2 is 1.87 bits per heavy atom. The maximum absolute atomic E-state index is 12.7. The highest BCUT2D eigenvalue weighted by molar-refractivity contribution is 7.89. The van der Waals surface area contributed by atoms with E-state index in [9.17, 15) is 13.2 Å². The lowest BCUT2D eigenvalue weighted by Gasteiger charge is -2.19. The van der Waals surface area contributed by atoms with Crippen LogP contribution in [-0.2, 0) is 14.8 Å². The van der Waals surface area contributed by atoms with Gasteiger partial charge in [-0.3, -0.25) is 9.78 Å². The minimum Gasteiger partial charge on any atom is -0.481 e. The molecule has 0 aliphatic rings. The van der Waals surface area contributed by atoms with Crippen LogP contribution in [0.2, 0.25) is 5.02 Å². The van der Waals surface area contributed by atoms with Crippen LogP contribution in [0.1, 0.15) is 13.8 Å². The SMILES string of the molecule is CCN(CC)S(=O)(=O)c1ccc(Cl)c(NC(=O)COc2cccc3cccnc23)c1. The number of carbonyl (C=O) groups is 1. The molecule has 1 heterocycles. The highest BCUT2D eigenvalue weighted by Gasteiger charge is 2.23. The molecule has 1 amide bonds. The van der Waals surface area contributed by atoms with Gasteiger partial charge in [-0.15, -0.1) is 0 Å². The van der Waals surface area contributed by atoms with Gasteiger partial charge in [0, 0.05) is 24.7 Å². The number of nitrogens with one attached hydrogen (secondary N) is 1. The van der Waals surface area contributed by atoms with Crippen LogP contribution in [0.15, 0.2) is 59.6 Å². The fourth-order valence-corrected chi connectivity index (χ4v) is 4.65. The van der Waals surface area contributed by atoms with Crippen LogP contribution in [0.3, 0.4) is 0 Å². The molecule has 0 fully saturated rings. The van der Waals surface area contributed by atoms with Gasteiger partial charge in [0.05, 0.1) is 15.6 Å². The standard InChI is InChI=1S/C21H22ClN3O4S/c1-3-25(4-2)30(27,28)16-10-11-17(22)18(13-16)24-20(26)14-29-19-9-5-7-15-8-6-12-23-21(15)19/h5-13H,3-4,14H2,1-2H3,(H,24,26). The summed E-state index contributed by atoms with van der Waals surface area (Å²) in [7, 11) is -3.67. The molecule has 9 heteroatoms. The molecule has 30 heavy (non-hydrogen) atoms. The van der Waals surface area contributed by atoms with Gasteiger partial charge in [-0.2, -0.15) is 4.31 Å². The molecule has 0 saturated carbocycles. The number of amides is 1. The van der Waals surface area contributed by atoms with E-state index < -0.39 is 15.9 Å². The van der Waals surface area contributed by atoms with Gasteiger partial charge in [-0.1, -0.05) is 43.6 Å². The zero-order valence-electron chi connectivity index (χ0n) is 16.6. The molecule has 0 bridgehead atoms. The maximum Gasteiger partial charge on any atom is 0.262 e. The summed E-state index contributed by atoms with van der Waals surface area (Å²) in [6.07, 6.45) is 1.65. The van der Waals surface area contributed by atoms with Crippen LogP contribution >= 0.6 is 11.6 Å². The number of carbonyl (C=O) groups excluding carboxylic acids is 1. The number of para-hydroxylation sites is 1. The molecular formula is C21H22ClN3O4S. The average molecular weight is 448 g/mol. The Morgan fingerprint density at radius 1 is 1.13 bits per heavy atom. The molecule has 3 aromatic rings. The van der Waals surface area contributed by atoms with Crippen molar-refractivity contribution in [1.82, 2.24) is 9.29 Å². The molecule has 0 aliphatic heterocycles. The number of hydrogen-bond donors (Lipinski definition) is 1. The Kier molecular flexibility index (Phi) is 6.91. The molecular weight excluding hydrogens is 426 g/mol. The summed E-state index contributed by atoms with van der Waals surface area (Å²) in [5, 5.41) is 3.74. The lowest BCUT2D eigenvalue weighted by Crippen LogP contribution is -2.30. The number of halogens is 1. The molecule has 0 spiro atoms. The second-order valence-electron chi connectivity index (χ2n) is 6.40. The van der Waals surface area contributed by atoms with Gasteiger partial charge in [0.15, 0.2) is 6.61 Å². The molecule has 2 aromatic carbocycles. The summed E-state index contributed by atoms with van der Waals surface area (Å²) >= 11 is 6.16. The third-order valence-electron chi connectivity index (χ3n) is 4.51. The lowest BCUT2D eigenvalue weighted by atomic mass is 10.2. The van der Waals surface area contributed by atoms with Crippen molar-refractivity contribution >= 4 is 44.1 Å². The van der Waals surface area contributed by atoms with E-state index in [1.54, 1.807) is 26.1 Å². The molecule has 3 rings (SSSR count). The average Bonchev–Trinajstić information content (AvgIpc) is 2.74. The predicted molar refractivity (Wildman–Crippen MR) is 117 cm³/mol. The van der Waals surface area contributed by atoms with Crippen molar-refractivity contribution in [3.05, 3.63) is 59.8 Å². The number of ether oxygens (including phenoxy) is 1. The lowest BCUT2D eigenvalue weighted by molar-refractivity contribution is -0.118. The summed E-state index contributed by atoms with van der Waals surface area (Å²) in [5.74, 6) is 0.00873. The Morgan fingerprint density at radius 3 is 2.60 bits per heavy atom. The number of fused-ring (bicyclic) bond motifs is 1.